The zero-order valence-corrected chi connectivity index (χ0v) is 27.0. The van der Waals surface area contributed by atoms with Gasteiger partial charge in [0.15, 0.2) is 5.58 Å². The van der Waals surface area contributed by atoms with E-state index in [9.17, 15) is 0 Å². The van der Waals surface area contributed by atoms with Gasteiger partial charge in [-0.1, -0.05) is 127 Å². The standard InChI is InChI=1S/C46H30N2O2/c1-4-14-33(15-5-1)46(34-16-6-2-7-17-34)39-21-11-10-20-37(39)38-29-26-32(30-40(38)46)43-44(48-41-22-12-13-23-42(41)50-45(48)47-43)31-24-27-36(28-25-31)49-35-18-8-3-9-19-35/h1-30H. The first-order valence-electron chi connectivity index (χ1n) is 16.9. The summed E-state index contributed by atoms with van der Waals surface area (Å²) in [4.78, 5) is 5.22. The number of ether oxygens (including phenoxy) is 1. The molecular weight excluding hydrogens is 613 g/mol. The Morgan fingerprint density at radius 3 is 1.82 bits per heavy atom. The molecule has 1 aliphatic carbocycles. The molecule has 0 aliphatic heterocycles. The van der Waals surface area contributed by atoms with E-state index in [0.717, 1.165) is 45.1 Å². The van der Waals surface area contributed by atoms with E-state index in [2.05, 4.69) is 126 Å². The van der Waals surface area contributed by atoms with Crippen molar-refractivity contribution in [3.8, 4) is 45.1 Å². The van der Waals surface area contributed by atoms with Crippen molar-refractivity contribution in [2.24, 2.45) is 0 Å². The number of oxazole rings is 1. The topological polar surface area (TPSA) is 39.7 Å². The molecule has 0 saturated heterocycles. The third-order valence-electron chi connectivity index (χ3n) is 9.99. The van der Waals surface area contributed by atoms with Crippen molar-refractivity contribution in [2.45, 2.75) is 5.41 Å². The molecule has 50 heavy (non-hydrogen) atoms. The SMILES string of the molecule is c1ccc(Oc2ccc(-c3c(-c4ccc5c(c4)C(c4ccccc4)(c4ccccc4)c4ccccc4-5)nc4oc5ccccc5n34)cc2)cc1. The van der Waals surface area contributed by atoms with Crippen molar-refractivity contribution in [2.75, 3.05) is 0 Å². The summed E-state index contributed by atoms with van der Waals surface area (Å²) >= 11 is 0. The van der Waals surface area contributed by atoms with Crippen LogP contribution in [0, 0.1) is 0 Å². The predicted molar refractivity (Wildman–Crippen MR) is 200 cm³/mol. The molecule has 9 aromatic rings. The second-order valence-electron chi connectivity index (χ2n) is 12.7. The molecule has 0 bridgehead atoms. The molecule has 2 heterocycles. The molecule has 0 N–H and O–H groups in total. The Morgan fingerprint density at radius 2 is 1.08 bits per heavy atom. The number of benzene rings is 7. The van der Waals surface area contributed by atoms with Gasteiger partial charge in [0, 0.05) is 11.1 Å². The van der Waals surface area contributed by atoms with Crippen LogP contribution in [0.25, 0.3) is 50.6 Å². The highest BCUT2D eigenvalue weighted by atomic mass is 16.5. The Balaban J connectivity index is 1.21. The molecule has 10 rings (SSSR count). The van der Waals surface area contributed by atoms with Crippen molar-refractivity contribution in [1.29, 1.82) is 0 Å². The average molecular weight is 643 g/mol. The molecule has 7 aromatic carbocycles. The van der Waals surface area contributed by atoms with E-state index >= 15 is 0 Å². The number of imidazole rings is 1. The van der Waals surface area contributed by atoms with Crippen LogP contribution in [0.15, 0.2) is 186 Å². The number of fused-ring (bicyclic) bond motifs is 6. The Hall–Kier alpha value is -6.65. The maximum atomic E-state index is 6.37. The molecule has 0 radical (unpaired) electrons. The van der Waals surface area contributed by atoms with Crippen LogP contribution in [-0.2, 0) is 5.41 Å². The minimum absolute atomic E-state index is 0.507. The molecule has 0 atom stereocenters. The predicted octanol–water partition coefficient (Wildman–Crippen LogP) is 11.6. The lowest BCUT2D eigenvalue weighted by atomic mass is 9.67. The quantitative estimate of drug-likeness (QED) is 0.181. The van der Waals surface area contributed by atoms with Crippen LogP contribution in [-0.4, -0.2) is 9.38 Å². The first-order chi connectivity index (χ1) is 24.8. The molecule has 0 unspecified atom stereocenters. The van der Waals surface area contributed by atoms with Gasteiger partial charge in [-0.3, -0.25) is 4.40 Å². The summed E-state index contributed by atoms with van der Waals surface area (Å²) in [6.45, 7) is 0. The minimum Gasteiger partial charge on any atom is -0.457 e. The summed E-state index contributed by atoms with van der Waals surface area (Å²) in [7, 11) is 0. The van der Waals surface area contributed by atoms with Crippen molar-refractivity contribution < 1.29 is 9.15 Å². The molecule has 4 nitrogen and oxygen atoms in total. The van der Waals surface area contributed by atoms with Gasteiger partial charge in [-0.15, -0.1) is 0 Å². The molecule has 4 heteroatoms. The maximum absolute atomic E-state index is 6.37. The fourth-order valence-electron chi connectivity index (χ4n) is 7.88. The smallest absolute Gasteiger partial charge is 0.307 e. The Bertz CT molecular complexity index is 2620. The second kappa shape index (κ2) is 11.2. The van der Waals surface area contributed by atoms with Gasteiger partial charge in [0.2, 0.25) is 0 Å². The number of aromatic nitrogens is 2. The zero-order chi connectivity index (χ0) is 33.1. The maximum Gasteiger partial charge on any atom is 0.307 e. The highest BCUT2D eigenvalue weighted by Crippen LogP contribution is 2.57. The molecule has 0 spiro atoms. The summed E-state index contributed by atoms with van der Waals surface area (Å²) in [6.07, 6.45) is 0. The van der Waals surface area contributed by atoms with Gasteiger partial charge in [0.25, 0.3) is 0 Å². The van der Waals surface area contributed by atoms with Gasteiger partial charge in [-0.25, -0.2) is 0 Å². The van der Waals surface area contributed by atoms with Crippen LogP contribution < -0.4 is 4.74 Å². The van der Waals surface area contributed by atoms with Crippen LogP contribution in [0.1, 0.15) is 22.3 Å². The molecule has 0 saturated carbocycles. The van der Waals surface area contributed by atoms with Crippen molar-refractivity contribution in [1.82, 2.24) is 9.38 Å². The molecular formula is C46H30N2O2. The Labute approximate surface area is 289 Å². The van der Waals surface area contributed by atoms with Crippen LogP contribution in [0.2, 0.25) is 0 Å². The summed E-state index contributed by atoms with van der Waals surface area (Å²) in [5.41, 5.74) is 12.6. The van der Waals surface area contributed by atoms with Crippen LogP contribution >= 0.6 is 0 Å². The van der Waals surface area contributed by atoms with Crippen molar-refractivity contribution in [3.05, 3.63) is 204 Å². The number of para-hydroxylation sites is 3. The lowest BCUT2D eigenvalue weighted by molar-refractivity contribution is 0.483. The third-order valence-corrected chi connectivity index (χ3v) is 9.99. The number of hydrogen-bond donors (Lipinski definition) is 0. The van der Waals surface area contributed by atoms with Crippen molar-refractivity contribution in [3.63, 3.8) is 0 Å². The van der Waals surface area contributed by atoms with Gasteiger partial charge in [0.1, 0.15) is 17.2 Å². The van der Waals surface area contributed by atoms with E-state index in [4.69, 9.17) is 14.1 Å². The second-order valence-corrected chi connectivity index (χ2v) is 12.7. The molecule has 0 amide bonds. The molecule has 0 fully saturated rings. The van der Waals surface area contributed by atoms with Gasteiger partial charge < -0.3 is 9.15 Å². The van der Waals surface area contributed by atoms with Gasteiger partial charge in [-0.2, -0.15) is 4.98 Å². The van der Waals surface area contributed by atoms with Gasteiger partial charge in [0.05, 0.1) is 16.6 Å². The van der Waals surface area contributed by atoms with Gasteiger partial charge in [-0.05, 0) is 88.0 Å². The largest absolute Gasteiger partial charge is 0.457 e. The summed E-state index contributed by atoms with van der Waals surface area (Å²) < 4.78 is 14.7. The van der Waals surface area contributed by atoms with E-state index in [1.54, 1.807) is 0 Å². The lowest BCUT2D eigenvalue weighted by Gasteiger charge is -2.34. The summed E-state index contributed by atoms with van der Waals surface area (Å²) in [5, 5.41) is 0. The Morgan fingerprint density at radius 1 is 0.500 bits per heavy atom. The number of rotatable bonds is 6. The number of nitrogens with zero attached hydrogens (tertiary/aromatic N) is 2. The van der Waals surface area contributed by atoms with E-state index < -0.39 is 5.41 Å². The van der Waals surface area contributed by atoms with Crippen LogP contribution in [0.5, 0.6) is 11.5 Å². The minimum atomic E-state index is -0.507. The van der Waals surface area contributed by atoms with Crippen LogP contribution in [0.3, 0.4) is 0 Å². The molecule has 236 valence electrons. The van der Waals surface area contributed by atoms with E-state index in [0.29, 0.717) is 5.84 Å². The Kier molecular flexibility index (Phi) is 6.36. The van der Waals surface area contributed by atoms with Gasteiger partial charge >= 0.3 is 5.84 Å². The third kappa shape index (κ3) is 4.22. The fraction of sp³-hybridized carbons (Fsp3) is 0.0217. The summed E-state index contributed by atoms with van der Waals surface area (Å²) in [6, 6.07) is 63.7. The lowest BCUT2D eigenvalue weighted by Crippen LogP contribution is -2.28. The van der Waals surface area contributed by atoms with Crippen molar-refractivity contribution >= 4 is 16.9 Å². The number of hydrogen-bond acceptors (Lipinski definition) is 3. The monoisotopic (exact) mass is 642 g/mol. The first-order valence-corrected chi connectivity index (χ1v) is 16.9. The van der Waals surface area contributed by atoms with E-state index in [-0.39, 0.29) is 0 Å². The first kappa shape index (κ1) is 28.4. The van der Waals surface area contributed by atoms with E-state index in [1.165, 1.54) is 33.4 Å². The zero-order valence-electron chi connectivity index (χ0n) is 27.0. The van der Waals surface area contributed by atoms with E-state index in [1.807, 2.05) is 60.7 Å². The average Bonchev–Trinajstić information content (AvgIpc) is 3.83. The molecule has 1 aliphatic rings. The highest BCUT2D eigenvalue weighted by molar-refractivity contribution is 5.92. The van der Waals surface area contributed by atoms with Crippen LogP contribution in [0.4, 0.5) is 0 Å². The molecule has 2 aromatic heterocycles. The fourth-order valence-corrected chi connectivity index (χ4v) is 7.88. The normalized spacial score (nSPS) is 13.0. The summed E-state index contributed by atoms with van der Waals surface area (Å²) in [5.74, 6) is 2.13. The highest BCUT2D eigenvalue weighted by Gasteiger charge is 2.46.